The predicted octanol–water partition coefficient (Wildman–Crippen LogP) is 2.46. The maximum atomic E-state index is 10.8. The van der Waals surface area contributed by atoms with Crippen molar-refractivity contribution < 1.29 is 9.90 Å². The second-order valence-corrected chi connectivity index (χ2v) is 5.09. The van der Waals surface area contributed by atoms with Crippen molar-refractivity contribution in [1.82, 2.24) is 14.8 Å². The molecule has 3 rings (SSSR count). The Morgan fingerprint density at radius 3 is 2.65 bits per heavy atom. The van der Waals surface area contributed by atoms with Gasteiger partial charge in [-0.3, -0.25) is 0 Å². The summed E-state index contributed by atoms with van der Waals surface area (Å²) in [5.41, 5.74) is 7.41. The van der Waals surface area contributed by atoms with Gasteiger partial charge in [0.2, 0.25) is 0 Å². The van der Waals surface area contributed by atoms with E-state index < -0.39 is 5.97 Å². The molecule has 0 fully saturated rings. The minimum Gasteiger partial charge on any atom is -0.478 e. The molecule has 3 N–H and O–H groups in total. The van der Waals surface area contributed by atoms with Crippen LogP contribution in [0.2, 0.25) is 0 Å². The van der Waals surface area contributed by atoms with Gasteiger partial charge in [0.25, 0.3) is 0 Å². The molecule has 2 heterocycles. The number of anilines is 1. The molecule has 6 nitrogen and oxygen atoms in total. The van der Waals surface area contributed by atoms with E-state index in [2.05, 4.69) is 26.0 Å². The molecular formula is C13H9BrN4O2. The molecule has 3 aromatic rings. The van der Waals surface area contributed by atoms with Gasteiger partial charge in [0.15, 0.2) is 11.5 Å². The van der Waals surface area contributed by atoms with Gasteiger partial charge in [-0.1, -0.05) is 0 Å². The topological polar surface area (TPSA) is 94.0 Å². The van der Waals surface area contributed by atoms with Crippen molar-refractivity contribution >= 4 is 38.8 Å². The number of nitrogen functional groups attached to an aromatic ring is 1. The van der Waals surface area contributed by atoms with Crippen LogP contribution in [0, 0.1) is 0 Å². The number of carboxylic acid groups (broad SMARTS) is 1. The molecule has 0 aliphatic carbocycles. The SMILES string of the molecule is Nc1nn(-c2ccc(C(=O)O)cc2)c2ncc(Br)cc12. The Bertz CT molecular complexity index is 811. The third kappa shape index (κ3) is 2.01. The highest BCUT2D eigenvalue weighted by atomic mass is 79.9. The number of halogens is 1. The molecular weight excluding hydrogens is 324 g/mol. The smallest absolute Gasteiger partial charge is 0.335 e. The summed E-state index contributed by atoms with van der Waals surface area (Å²) in [7, 11) is 0. The summed E-state index contributed by atoms with van der Waals surface area (Å²) < 4.78 is 2.40. The first-order valence-corrected chi connectivity index (χ1v) is 6.49. The van der Waals surface area contributed by atoms with Gasteiger partial charge in [-0.25, -0.2) is 14.5 Å². The fourth-order valence-electron chi connectivity index (χ4n) is 1.92. The summed E-state index contributed by atoms with van der Waals surface area (Å²) in [6.07, 6.45) is 1.66. The van der Waals surface area contributed by atoms with E-state index in [1.54, 1.807) is 23.0 Å². The summed E-state index contributed by atoms with van der Waals surface area (Å²) in [5.74, 6) is -0.598. The Labute approximate surface area is 122 Å². The number of aromatic carboxylic acids is 1. The highest BCUT2D eigenvalue weighted by Gasteiger charge is 2.12. The zero-order chi connectivity index (χ0) is 14.3. The van der Waals surface area contributed by atoms with Gasteiger partial charge in [0, 0.05) is 10.7 Å². The Hall–Kier alpha value is -2.41. The minimum atomic E-state index is -0.969. The quantitative estimate of drug-likeness (QED) is 0.751. The zero-order valence-corrected chi connectivity index (χ0v) is 11.7. The summed E-state index contributed by atoms with van der Waals surface area (Å²) in [4.78, 5) is 15.1. The van der Waals surface area contributed by atoms with Gasteiger partial charge in [0.1, 0.15) is 0 Å². The Morgan fingerprint density at radius 2 is 2.00 bits per heavy atom. The monoisotopic (exact) mass is 332 g/mol. The molecule has 20 heavy (non-hydrogen) atoms. The highest BCUT2D eigenvalue weighted by molar-refractivity contribution is 9.10. The van der Waals surface area contributed by atoms with Crippen LogP contribution in [-0.2, 0) is 0 Å². The summed E-state index contributed by atoms with van der Waals surface area (Å²) >= 11 is 3.34. The number of hydrogen-bond donors (Lipinski definition) is 2. The molecule has 0 unspecified atom stereocenters. The van der Waals surface area contributed by atoms with E-state index in [1.165, 1.54) is 12.1 Å². The number of rotatable bonds is 2. The van der Waals surface area contributed by atoms with E-state index in [-0.39, 0.29) is 5.56 Å². The van der Waals surface area contributed by atoms with Crippen LogP contribution in [0.3, 0.4) is 0 Å². The number of nitrogens with zero attached hydrogens (tertiary/aromatic N) is 3. The predicted molar refractivity (Wildman–Crippen MR) is 77.9 cm³/mol. The molecule has 0 saturated carbocycles. The van der Waals surface area contributed by atoms with Crippen molar-refractivity contribution in [1.29, 1.82) is 0 Å². The number of carbonyl (C=O) groups is 1. The van der Waals surface area contributed by atoms with Crippen LogP contribution in [0.25, 0.3) is 16.7 Å². The van der Waals surface area contributed by atoms with Crippen LogP contribution in [0.15, 0.2) is 41.0 Å². The molecule has 100 valence electrons. The van der Waals surface area contributed by atoms with Crippen LogP contribution < -0.4 is 5.73 Å². The van der Waals surface area contributed by atoms with E-state index in [9.17, 15) is 4.79 Å². The van der Waals surface area contributed by atoms with Crippen LogP contribution in [-0.4, -0.2) is 25.8 Å². The molecule has 0 atom stereocenters. The van der Waals surface area contributed by atoms with E-state index in [4.69, 9.17) is 10.8 Å². The molecule has 0 saturated heterocycles. The third-order valence-electron chi connectivity index (χ3n) is 2.88. The first-order valence-electron chi connectivity index (χ1n) is 5.70. The standard InChI is InChI=1S/C13H9BrN4O2/c14-8-5-10-11(15)17-18(12(10)16-6-8)9-3-1-7(2-4-9)13(19)20/h1-6H,(H2,15,17)(H,19,20). The molecule has 0 amide bonds. The molecule has 7 heteroatoms. The number of benzene rings is 1. The van der Waals surface area contributed by atoms with Gasteiger partial charge < -0.3 is 10.8 Å². The lowest BCUT2D eigenvalue weighted by atomic mass is 10.2. The summed E-state index contributed by atoms with van der Waals surface area (Å²) in [6.45, 7) is 0. The largest absolute Gasteiger partial charge is 0.478 e. The van der Waals surface area contributed by atoms with Gasteiger partial charge in [-0.15, -0.1) is 5.10 Å². The first kappa shape index (κ1) is 12.6. The van der Waals surface area contributed by atoms with E-state index in [0.717, 1.165) is 9.86 Å². The summed E-state index contributed by atoms with van der Waals surface area (Å²) in [6, 6.07) is 8.20. The molecule has 0 spiro atoms. The van der Waals surface area contributed by atoms with Crippen molar-refractivity contribution in [3.05, 3.63) is 46.6 Å². The van der Waals surface area contributed by atoms with Crippen LogP contribution in [0.5, 0.6) is 0 Å². The second-order valence-electron chi connectivity index (χ2n) is 4.17. The normalized spacial score (nSPS) is 10.8. The van der Waals surface area contributed by atoms with Crippen molar-refractivity contribution in [2.75, 3.05) is 5.73 Å². The molecule has 0 radical (unpaired) electrons. The number of carboxylic acids is 1. The lowest BCUT2D eigenvalue weighted by Gasteiger charge is -2.03. The zero-order valence-electron chi connectivity index (χ0n) is 10.1. The Balaban J connectivity index is 2.17. The van der Waals surface area contributed by atoms with Gasteiger partial charge in [-0.2, -0.15) is 0 Å². The van der Waals surface area contributed by atoms with E-state index in [1.807, 2.05) is 6.07 Å². The van der Waals surface area contributed by atoms with E-state index in [0.29, 0.717) is 17.2 Å². The molecule has 0 aliphatic rings. The Morgan fingerprint density at radius 1 is 1.30 bits per heavy atom. The number of fused-ring (bicyclic) bond motifs is 1. The average molecular weight is 333 g/mol. The fourth-order valence-corrected chi connectivity index (χ4v) is 2.25. The van der Waals surface area contributed by atoms with Crippen molar-refractivity contribution in [2.45, 2.75) is 0 Å². The molecule has 0 bridgehead atoms. The maximum Gasteiger partial charge on any atom is 0.335 e. The lowest BCUT2D eigenvalue weighted by Crippen LogP contribution is -2.00. The highest BCUT2D eigenvalue weighted by Crippen LogP contribution is 2.24. The lowest BCUT2D eigenvalue weighted by molar-refractivity contribution is 0.0697. The van der Waals surface area contributed by atoms with Crippen LogP contribution in [0.4, 0.5) is 5.82 Å². The number of pyridine rings is 1. The fraction of sp³-hybridized carbons (Fsp3) is 0. The number of aromatic nitrogens is 3. The third-order valence-corrected chi connectivity index (χ3v) is 3.31. The summed E-state index contributed by atoms with van der Waals surface area (Å²) in [5, 5.41) is 13.9. The molecule has 0 aliphatic heterocycles. The van der Waals surface area contributed by atoms with Gasteiger partial charge in [-0.05, 0) is 46.3 Å². The second kappa shape index (κ2) is 4.61. The van der Waals surface area contributed by atoms with Crippen LogP contribution in [0.1, 0.15) is 10.4 Å². The molecule has 2 aromatic heterocycles. The Kier molecular flexibility index (Phi) is 2.90. The van der Waals surface area contributed by atoms with Gasteiger partial charge in [0.05, 0.1) is 16.6 Å². The van der Waals surface area contributed by atoms with Gasteiger partial charge >= 0.3 is 5.97 Å². The molecule has 1 aromatic carbocycles. The van der Waals surface area contributed by atoms with Crippen molar-refractivity contribution in [3.63, 3.8) is 0 Å². The van der Waals surface area contributed by atoms with Crippen molar-refractivity contribution in [2.24, 2.45) is 0 Å². The first-order chi connectivity index (χ1) is 9.56. The van der Waals surface area contributed by atoms with E-state index >= 15 is 0 Å². The maximum absolute atomic E-state index is 10.8. The minimum absolute atomic E-state index is 0.217. The average Bonchev–Trinajstić information content (AvgIpc) is 2.76. The number of hydrogen-bond acceptors (Lipinski definition) is 4. The van der Waals surface area contributed by atoms with Crippen molar-refractivity contribution in [3.8, 4) is 5.69 Å². The van der Waals surface area contributed by atoms with Crippen LogP contribution >= 0.6 is 15.9 Å². The number of nitrogens with two attached hydrogens (primary N) is 1.